The van der Waals surface area contributed by atoms with Crippen LogP contribution in [-0.2, 0) is 15.7 Å². The van der Waals surface area contributed by atoms with Crippen molar-refractivity contribution in [3.63, 3.8) is 0 Å². The first-order valence-corrected chi connectivity index (χ1v) is 11.4. The molecule has 1 heterocycles. The van der Waals surface area contributed by atoms with Crippen LogP contribution in [0.1, 0.15) is 33.3 Å². The second kappa shape index (κ2) is 8.06. The minimum Gasteiger partial charge on any atom is -0.366 e. The molecule has 0 radical (unpaired) electrons. The van der Waals surface area contributed by atoms with Crippen LogP contribution in [0.4, 0.5) is 0 Å². The van der Waals surface area contributed by atoms with E-state index in [0.717, 1.165) is 5.17 Å². The zero-order valence-electron chi connectivity index (χ0n) is 15.4. The Hall–Kier alpha value is -0.800. The van der Waals surface area contributed by atoms with Gasteiger partial charge >= 0.3 is 0 Å². The van der Waals surface area contributed by atoms with Gasteiger partial charge in [-0.3, -0.25) is 4.99 Å². The van der Waals surface area contributed by atoms with Gasteiger partial charge in [-0.05, 0) is 24.0 Å². The van der Waals surface area contributed by atoms with Gasteiger partial charge in [-0.2, -0.15) is 0 Å². The molecule has 1 saturated heterocycles. The molecule has 1 unspecified atom stereocenters. The Kier molecular flexibility index (Phi) is 6.66. The summed E-state index contributed by atoms with van der Waals surface area (Å²) in [6.45, 7) is 9.53. The molecule has 1 aliphatic rings. The summed E-state index contributed by atoms with van der Waals surface area (Å²) in [7, 11) is -3.99. The highest BCUT2D eigenvalue weighted by Crippen LogP contribution is 2.41. The number of aliphatic imine (C=N–C) groups is 1. The van der Waals surface area contributed by atoms with Crippen molar-refractivity contribution in [3.8, 4) is 0 Å². The second-order valence-electron chi connectivity index (χ2n) is 7.32. The van der Waals surface area contributed by atoms with Gasteiger partial charge < -0.3 is 10.0 Å². The molecule has 0 spiro atoms. The Balaban J connectivity index is 2.50. The third-order valence-corrected chi connectivity index (χ3v) is 6.47. The average molecular weight is 420 g/mol. The molecule has 1 aliphatic heterocycles. The van der Waals surface area contributed by atoms with E-state index < -0.39 is 15.7 Å². The monoisotopic (exact) mass is 419 g/mol. The number of hydrogen-bond acceptors (Lipinski definition) is 5. The van der Waals surface area contributed by atoms with Crippen molar-refractivity contribution in [2.45, 2.75) is 38.3 Å². The van der Waals surface area contributed by atoms with Gasteiger partial charge in [-0.15, -0.1) is 0 Å². The van der Waals surface area contributed by atoms with Crippen LogP contribution in [0.15, 0.2) is 28.1 Å². The van der Waals surface area contributed by atoms with E-state index in [1.165, 1.54) is 23.9 Å². The number of sulfonamides is 1. The lowest BCUT2D eigenvalue weighted by Gasteiger charge is -2.36. The fourth-order valence-electron chi connectivity index (χ4n) is 2.67. The van der Waals surface area contributed by atoms with E-state index in [1.807, 2.05) is 4.90 Å². The van der Waals surface area contributed by atoms with Gasteiger partial charge in [-0.25, -0.2) is 13.6 Å². The molecule has 0 bridgehead atoms. The number of halogens is 1. The number of nitrogens with zero attached hydrogens (tertiary/aromatic N) is 2. The highest BCUT2D eigenvalue weighted by molar-refractivity contribution is 8.14. The van der Waals surface area contributed by atoms with Crippen LogP contribution in [-0.4, -0.2) is 42.4 Å². The van der Waals surface area contributed by atoms with Gasteiger partial charge in [0.25, 0.3) is 0 Å². The normalized spacial score (nSPS) is 22.8. The molecule has 26 heavy (non-hydrogen) atoms. The van der Waals surface area contributed by atoms with E-state index in [-0.39, 0.29) is 15.8 Å². The number of aliphatic hydroxyl groups is 1. The molecule has 2 rings (SSSR count). The van der Waals surface area contributed by atoms with Gasteiger partial charge in [0, 0.05) is 18.7 Å². The summed E-state index contributed by atoms with van der Waals surface area (Å²) in [4.78, 5) is 6.30. The summed E-state index contributed by atoms with van der Waals surface area (Å²) in [6, 6.07) is 4.45. The van der Waals surface area contributed by atoms with Crippen LogP contribution >= 0.6 is 23.4 Å². The summed E-state index contributed by atoms with van der Waals surface area (Å²) in [5.41, 5.74) is -0.928. The van der Waals surface area contributed by atoms with E-state index >= 15 is 0 Å². The predicted molar refractivity (Wildman–Crippen MR) is 108 cm³/mol. The maximum absolute atomic E-state index is 11.8. The third kappa shape index (κ3) is 4.72. The van der Waals surface area contributed by atoms with Gasteiger partial charge in [0.15, 0.2) is 10.9 Å². The molecule has 0 amide bonds. The summed E-state index contributed by atoms with van der Waals surface area (Å²) in [5.74, 6) is 1.04. The Morgan fingerprint density at radius 1 is 1.35 bits per heavy atom. The summed E-state index contributed by atoms with van der Waals surface area (Å²) >= 11 is 7.45. The molecule has 0 aromatic heterocycles. The fraction of sp³-hybridized carbons (Fsp3) is 0.588. The van der Waals surface area contributed by atoms with Crippen LogP contribution in [0, 0.1) is 11.8 Å². The van der Waals surface area contributed by atoms with E-state index in [1.54, 1.807) is 6.07 Å². The molecule has 1 fully saturated rings. The number of amidine groups is 1. The number of benzene rings is 1. The first kappa shape index (κ1) is 21.5. The Labute approximate surface area is 164 Å². The molecule has 6 nitrogen and oxygen atoms in total. The van der Waals surface area contributed by atoms with Crippen molar-refractivity contribution in [2.75, 3.05) is 18.8 Å². The smallest absolute Gasteiger partial charge is 0.239 e. The quantitative estimate of drug-likeness (QED) is 0.739. The molecule has 146 valence electrons. The topological polar surface area (TPSA) is 96.0 Å². The minimum atomic E-state index is -3.99. The number of primary sulfonamides is 1. The third-order valence-electron chi connectivity index (χ3n) is 3.92. The molecular weight excluding hydrogens is 394 g/mol. The van der Waals surface area contributed by atoms with Crippen molar-refractivity contribution >= 4 is 38.6 Å². The van der Waals surface area contributed by atoms with Crippen LogP contribution in [0.3, 0.4) is 0 Å². The highest BCUT2D eigenvalue weighted by atomic mass is 35.5. The van der Waals surface area contributed by atoms with Gasteiger partial charge in [0.05, 0.1) is 10.8 Å². The SMILES string of the molecule is CC(C)CN=C1SCC(O)(c2ccc(Cl)c(S(N)(=O)=O)c2)N1CC(C)C. The Bertz CT molecular complexity index is 796. The maximum atomic E-state index is 11.8. The van der Waals surface area contributed by atoms with Crippen molar-refractivity contribution in [2.24, 2.45) is 22.0 Å². The van der Waals surface area contributed by atoms with Crippen molar-refractivity contribution in [3.05, 3.63) is 28.8 Å². The number of hydrogen-bond donors (Lipinski definition) is 2. The number of rotatable bonds is 6. The van der Waals surface area contributed by atoms with Crippen LogP contribution in [0.25, 0.3) is 0 Å². The first-order chi connectivity index (χ1) is 11.9. The second-order valence-corrected chi connectivity index (χ2v) is 10.2. The van der Waals surface area contributed by atoms with Crippen LogP contribution in [0.2, 0.25) is 5.02 Å². The maximum Gasteiger partial charge on any atom is 0.239 e. The van der Waals surface area contributed by atoms with Crippen molar-refractivity contribution < 1.29 is 13.5 Å². The summed E-state index contributed by atoms with van der Waals surface area (Å²) in [6.07, 6.45) is 0. The lowest BCUT2D eigenvalue weighted by Crippen LogP contribution is -2.46. The molecule has 0 aliphatic carbocycles. The molecule has 9 heteroatoms. The number of thioether (sulfide) groups is 1. The van der Waals surface area contributed by atoms with Crippen molar-refractivity contribution in [1.29, 1.82) is 0 Å². The zero-order chi connectivity index (χ0) is 19.7. The molecule has 3 N–H and O–H groups in total. The minimum absolute atomic E-state index is 0.0367. The summed E-state index contributed by atoms with van der Waals surface area (Å²) in [5, 5.41) is 17.5. The first-order valence-electron chi connectivity index (χ1n) is 8.45. The summed E-state index contributed by atoms with van der Waals surface area (Å²) < 4.78 is 23.6. The van der Waals surface area contributed by atoms with Gasteiger partial charge in [-0.1, -0.05) is 57.1 Å². The number of nitrogens with two attached hydrogens (primary N) is 1. The van der Waals surface area contributed by atoms with Crippen LogP contribution < -0.4 is 5.14 Å². The van der Waals surface area contributed by atoms with Crippen LogP contribution in [0.5, 0.6) is 0 Å². The lowest BCUT2D eigenvalue weighted by atomic mass is 10.0. The molecule has 1 aromatic rings. The molecule has 0 saturated carbocycles. The standard InChI is InChI=1S/C17H26ClN3O3S2/c1-11(2)8-20-16-21(9-12(3)4)17(22,10-25-16)13-5-6-14(18)15(7-13)26(19,23)24/h5-7,11-12,22H,8-10H2,1-4H3,(H2,19,23,24). The van der Waals surface area contributed by atoms with E-state index in [9.17, 15) is 13.5 Å². The molecule has 1 aromatic carbocycles. The molecule has 1 atom stereocenters. The molecular formula is C17H26ClN3O3S2. The lowest BCUT2D eigenvalue weighted by molar-refractivity contribution is -0.0525. The van der Waals surface area contributed by atoms with E-state index in [4.69, 9.17) is 16.7 Å². The van der Waals surface area contributed by atoms with Gasteiger partial charge in [0.1, 0.15) is 4.90 Å². The Morgan fingerprint density at radius 2 is 2.00 bits per heavy atom. The predicted octanol–water partition coefficient (Wildman–Crippen LogP) is 2.85. The van der Waals surface area contributed by atoms with E-state index in [0.29, 0.717) is 30.3 Å². The van der Waals surface area contributed by atoms with Gasteiger partial charge in [0.2, 0.25) is 10.0 Å². The largest absolute Gasteiger partial charge is 0.366 e. The van der Waals surface area contributed by atoms with E-state index in [2.05, 4.69) is 32.7 Å². The average Bonchev–Trinajstić information content (AvgIpc) is 2.81. The fourth-order valence-corrected chi connectivity index (χ4v) is 4.95. The zero-order valence-corrected chi connectivity index (χ0v) is 17.8. The van der Waals surface area contributed by atoms with Crippen molar-refractivity contribution in [1.82, 2.24) is 4.90 Å². The Morgan fingerprint density at radius 3 is 2.54 bits per heavy atom. The highest BCUT2D eigenvalue weighted by Gasteiger charge is 2.45.